The topological polar surface area (TPSA) is 38.3 Å². The number of hydrogen-bond donors (Lipinski definition) is 1. The number of thioether (sulfide) groups is 1. The number of halogens is 2. The summed E-state index contributed by atoms with van der Waals surface area (Å²) in [4.78, 5) is 12.2. The maximum Gasteiger partial charge on any atom is 0.325 e. The van der Waals surface area contributed by atoms with Crippen LogP contribution in [-0.2, 0) is 9.53 Å². The summed E-state index contributed by atoms with van der Waals surface area (Å²) in [7, 11) is 1.36. The molecule has 1 saturated carbocycles. The lowest BCUT2D eigenvalue weighted by Gasteiger charge is -2.28. The maximum atomic E-state index is 13.5. The molecule has 0 saturated heterocycles. The van der Waals surface area contributed by atoms with Crippen LogP contribution in [-0.4, -0.2) is 30.4 Å². The van der Waals surface area contributed by atoms with E-state index in [1.54, 1.807) is 6.92 Å². The molecule has 1 N–H and O–H groups in total. The highest BCUT2D eigenvalue weighted by atomic mass is 32.2. The highest BCUT2D eigenvalue weighted by Gasteiger charge is 2.38. The minimum Gasteiger partial charge on any atom is -0.468 e. The fourth-order valence-corrected chi connectivity index (χ4v) is 3.22. The van der Waals surface area contributed by atoms with Crippen molar-refractivity contribution in [3.8, 4) is 0 Å². The molecule has 21 heavy (non-hydrogen) atoms. The predicted molar refractivity (Wildman–Crippen MR) is 78.3 cm³/mol. The lowest BCUT2D eigenvalue weighted by atomic mass is 9.99. The van der Waals surface area contributed by atoms with E-state index < -0.39 is 17.2 Å². The molecule has 0 amide bonds. The Morgan fingerprint density at radius 1 is 1.48 bits per heavy atom. The molecule has 0 heterocycles. The summed E-state index contributed by atoms with van der Waals surface area (Å²) in [5.41, 5.74) is -0.785. The van der Waals surface area contributed by atoms with Crippen molar-refractivity contribution in [3.05, 3.63) is 29.8 Å². The molecule has 1 aliphatic rings. The third kappa shape index (κ3) is 4.41. The molecular formula is C15H19F2NO2S. The quantitative estimate of drug-likeness (QED) is 0.620. The molecule has 1 unspecified atom stereocenters. The summed E-state index contributed by atoms with van der Waals surface area (Å²) in [6.45, 7) is 1.79. The van der Waals surface area contributed by atoms with Gasteiger partial charge in [0.2, 0.25) is 0 Å². The van der Waals surface area contributed by atoms with Gasteiger partial charge in [0.25, 0.3) is 0 Å². The van der Waals surface area contributed by atoms with Gasteiger partial charge in [-0.2, -0.15) is 0 Å². The first-order valence-corrected chi connectivity index (χ1v) is 7.87. The zero-order valence-corrected chi connectivity index (χ0v) is 12.9. The van der Waals surface area contributed by atoms with Crippen LogP contribution < -0.4 is 5.32 Å². The van der Waals surface area contributed by atoms with Crippen LogP contribution in [0, 0.1) is 11.6 Å². The van der Waals surface area contributed by atoms with Gasteiger partial charge in [0, 0.05) is 16.7 Å². The summed E-state index contributed by atoms with van der Waals surface area (Å²) in [6, 6.07) is 3.72. The van der Waals surface area contributed by atoms with Crippen LogP contribution in [0.25, 0.3) is 0 Å². The SMILES string of the molecule is COC(=O)C(C)(CCSc1cc(F)ccc1F)NC1CC1. The Balaban J connectivity index is 1.95. The van der Waals surface area contributed by atoms with Crippen LogP contribution in [0.15, 0.2) is 23.1 Å². The monoisotopic (exact) mass is 315 g/mol. The Kier molecular flexibility index (Phi) is 5.22. The van der Waals surface area contributed by atoms with Crippen molar-refractivity contribution in [2.75, 3.05) is 12.9 Å². The van der Waals surface area contributed by atoms with Gasteiger partial charge in [-0.25, -0.2) is 8.78 Å². The fourth-order valence-electron chi connectivity index (χ4n) is 2.09. The van der Waals surface area contributed by atoms with Gasteiger partial charge in [-0.15, -0.1) is 11.8 Å². The number of hydrogen-bond acceptors (Lipinski definition) is 4. The zero-order chi connectivity index (χ0) is 15.5. The van der Waals surface area contributed by atoms with E-state index >= 15 is 0 Å². The molecule has 0 radical (unpaired) electrons. The third-order valence-corrected chi connectivity index (χ3v) is 4.52. The van der Waals surface area contributed by atoms with Crippen molar-refractivity contribution >= 4 is 17.7 Å². The fraction of sp³-hybridized carbons (Fsp3) is 0.533. The number of benzene rings is 1. The number of esters is 1. The Labute approximate surface area is 127 Å². The highest BCUT2D eigenvalue weighted by molar-refractivity contribution is 7.99. The van der Waals surface area contributed by atoms with Crippen LogP contribution in [0.2, 0.25) is 0 Å². The van der Waals surface area contributed by atoms with E-state index in [4.69, 9.17) is 4.74 Å². The number of methoxy groups -OCH3 is 1. The lowest BCUT2D eigenvalue weighted by molar-refractivity contribution is -0.148. The van der Waals surface area contributed by atoms with E-state index in [0.29, 0.717) is 18.2 Å². The van der Waals surface area contributed by atoms with Gasteiger partial charge in [-0.1, -0.05) is 0 Å². The summed E-state index contributed by atoms with van der Waals surface area (Å²) in [5.74, 6) is -0.747. The Hall–Kier alpha value is -1.14. The van der Waals surface area contributed by atoms with Crippen LogP contribution >= 0.6 is 11.8 Å². The first-order valence-electron chi connectivity index (χ1n) is 6.88. The molecule has 0 spiro atoms. The first-order chi connectivity index (χ1) is 9.94. The van der Waals surface area contributed by atoms with Gasteiger partial charge in [-0.3, -0.25) is 10.1 Å². The van der Waals surface area contributed by atoms with Crippen molar-refractivity contribution in [1.82, 2.24) is 5.32 Å². The molecule has 0 aliphatic heterocycles. The number of carbonyl (C=O) groups excluding carboxylic acids is 1. The molecule has 116 valence electrons. The van der Waals surface area contributed by atoms with Crippen molar-refractivity contribution in [2.45, 2.75) is 42.7 Å². The first kappa shape index (κ1) is 16.2. The Bertz CT molecular complexity index is 522. The second-order valence-electron chi connectivity index (χ2n) is 5.42. The normalized spacial score (nSPS) is 17.3. The maximum absolute atomic E-state index is 13.5. The van der Waals surface area contributed by atoms with E-state index in [2.05, 4.69) is 5.32 Å². The predicted octanol–water partition coefficient (Wildman–Crippen LogP) is 3.13. The van der Waals surface area contributed by atoms with E-state index in [1.165, 1.54) is 24.9 Å². The standard InChI is InChI=1S/C15H19F2NO2S/c1-15(14(19)20-2,18-11-4-5-11)7-8-21-13-9-10(16)3-6-12(13)17/h3,6,9,11,18H,4-5,7-8H2,1-2H3. The van der Waals surface area contributed by atoms with Crippen molar-refractivity contribution in [2.24, 2.45) is 0 Å². The lowest BCUT2D eigenvalue weighted by Crippen LogP contribution is -2.51. The summed E-state index contributed by atoms with van der Waals surface area (Å²) >= 11 is 1.20. The van der Waals surface area contributed by atoms with Crippen molar-refractivity contribution in [3.63, 3.8) is 0 Å². The molecule has 1 aromatic carbocycles. The van der Waals surface area contributed by atoms with Gasteiger partial charge in [0.15, 0.2) is 0 Å². The van der Waals surface area contributed by atoms with Gasteiger partial charge < -0.3 is 4.74 Å². The second kappa shape index (κ2) is 6.75. The van der Waals surface area contributed by atoms with E-state index in [1.807, 2.05) is 0 Å². The molecule has 1 aliphatic carbocycles. The largest absolute Gasteiger partial charge is 0.468 e. The van der Waals surface area contributed by atoms with E-state index in [0.717, 1.165) is 25.0 Å². The van der Waals surface area contributed by atoms with Crippen molar-refractivity contribution < 1.29 is 18.3 Å². The van der Waals surface area contributed by atoms with E-state index in [9.17, 15) is 13.6 Å². The van der Waals surface area contributed by atoms with Gasteiger partial charge in [0.05, 0.1) is 7.11 Å². The molecule has 0 bridgehead atoms. The van der Waals surface area contributed by atoms with E-state index in [-0.39, 0.29) is 10.9 Å². The minimum atomic E-state index is -0.785. The summed E-state index contributed by atoms with van der Waals surface area (Å²) in [5, 5.41) is 3.27. The average molecular weight is 315 g/mol. The molecule has 0 aromatic heterocycles. The molecule has 1 aromatic rings. The molecule has 1 fully saturated rings. The zero-order valence-electron chi connectivity index (χ0n) is 12.1. The van der Waals surface area contributed by atoms with Crippen LogP contribution in [0.4, 0.5) is 8.78 Å². The molecule has 2 rings (SSSR count). The molecule has 3 nitrogen and oxygen atoms in total. The van der Waals surface area contributed by atoms with Gasteiger partial charge in [0.1, 0.15) is 17.2 Å². The molecule has 6 heteroatoms. The van der Waals surface area contributed by atoms with Crippen LogP contribution in [0.1, 0.15) is 26.2 Å². The molecular weight excluding hydrogens is 296 g/mol. The van der Waals surface area contributed by atoms with Crippen LogP contribution in [0.5, 0.6) is 0 Å². The Morgan fingerprint density at radius 3 is 2.81 bits per heavy atom. The Morgan fingerprint density at radius 2 is 2.19 bits per heavy atom. The number of ether oxygens (including phenoxy) is 1. The number of carbonyl (C=O) groups is 1. The highest BCUT2D eigenvalue weighted by Crippen LogP contribution is 2.28. The molecule has 1 atom stereocenters. The number of rotatable bonds is 7. The minimum absolute atomic E-state index is 0.258. The smallest absolute Gasteiger partial charge is 0.325 e. The summed E-state index contributed by atoms with van der Waals surface area (Å²) in [6.07, 6.45) is 2.59. The summed E-state index contributed by atoms with van der Waals surface area (Å²) < 4.78 is 31.5. The van der Waals surface area contributed by atoms with Crippen molar-refractivity contribution in [1.29, 1.82) is 0 Å². The third-order valence-electron chi connectivity index (χ3n) is 3.49. The van der Waals surface area contributed by atoms with Crippen LogP contribution in [0.3, 0.4) is 0 Å². The second-order valence-corrected chi connectivity index (χ2v) is 6.55. The van der Waals surface area contributed by atoms with Gasteiger partial charge >= 0.3 is 5.97 Å². The number of nitrogens with one attached hydrogen (secondary N) is 1. The van der Waals surface area contributed by atoms with Gasteiger partial charge in [-0.05, 0) is 44.4 Å². The average Bonchev–Trinajstić information content (AvgIpc) is 3.25.